The zero-order valence-corrected chi connectivity index (χ0v) is 13.9. The van der Waals surface area contributed by atoms with Crippen LogP contribution in [0.25, 0.3) is 10.9 Å². The van der Waals surface area contributed by atoms with Crippen LogP contribution in [-0.4, -0.2) is 29.4 Å². The zero-order chi connectivity index (χ0) is 16.8. The lowest BCUT2D eigenvalue weighted by molar-refractivity contribution is -0.159. The molecule has 23 heavy (non-hydrogen) atoms. The van der Waals surface area contributed by atoms with Gasteiger partial charge in [0.1, 0.15) is 0 Å². The number of carbonyl (C=O) groups is 1. The van der Waals surface area contributed by atoms with E-state index in [2.05, 4.69) is 5.92 Å². The Morgan fingerprint density at radius 1 is 1.35 bits per heavy atom. The van der Waals surface area contributed by atoms with Gasteiger partial charge in [0.25, 0.3) is 0 Å². The minimum atomic E-state index is -0.611. The van der Waals surface area contributed by atoms with Crippen LogP contribution in [0.3, 0.4) is 0 Å². The summed E-state index contributed by atoms with van der Waals surface area (Å²) in [6.45, 7) is 6.45. The van der Waals surface area contributed by atoms with Gasteiger partial charge in [-0.25, -0.2) is 4.79 Å². The standard InChI is InChI=1S/C19H23NO3/c1-5-11-20-13-15(16-9-7-8-10-17(16)20)12-18(23-14(3)4)19(21)22-6-2/h1,7-10,13-14,18H,6,11-12H2,2-4H3. The van der Waals surface area contributed by atoms with Gasteiger partial charge in [0, 0.05) is 23.5 Å². The van der Waals surface area contributed by atoms with Crippen LogP contribution < -0.4 is 0 Å². The number of nitrogens with zero attached hydrogens (tertiary/aromatic N) is 1. The predicted octanol–water partition coefficient (Wildman–Crippen LogP) is 3.17. The Kier molecular flexibility index (Phi) is 5.84. The van der Waals surface area contributed by atoms with E-state index < -0.39 is 6.10 Å². The van der Waals surface area contributed by atoms with E-state index in [9.17, 15) is 4.79 Å². The zero-order valence-electron chi connectivity index (χ0n) is 13.9. The predicted molar refractivity (Wildman–Crippen MR) is 91.1 cm³/mol. The number of benzene rings is 1. The van der Waals surface area contributed by atoms with E-state index in [-0.39, 0.29) is 12.1 Å². The van der Waals surface area contributed by atoms with E-state index in [1.54, 1.807) is 6.92 Å². The first-order valence-electron chi connectivity index (χ1n) is 7.89. The fourth-order valence-corrected chi connectivity index (χ4v) is 2.67. The first kappa shape index (κ1) is 17.1. The van der Waals surface area contributed by atoms with Crippen LogP contribution in [0.2, 0.25) is 0 Å². The molecule has 2 aromatic rings. The molecule has 0 bridgehead atoms. The number of esters is 1. The van der Waals surface area contributed by atoms with Crippen molar-refractivity contribution in [2.24, 2.45) is 0 Å². The topological polar surface area (TPSA) is 40.5 Å². The van der Waals surface area contributed by atoms with Crippen LogP contribution in [0.1, 0.15) is 26.3 Å². The second-order valence-corrected chi connectivity index (χ2v) is 5.63. The highest BCUT2D eigenvalue weighted by Crippen LogP contribution is 2.23. The first-order valence-corrected chi connectivity index (χ1v) is 7.89. The third kappa shape index (κ3) is 4.14. The normalized spacial score (nSPS) is 12.3. The number of hydrogen-bond donors (Lipinski definition) is 0. The molecule has 4 heteroatoms. The number of hydrogen-bond acceptors (Lipinski definition) is 3. The van der Waals surface area contributed by atoms with Crippen LogP contribution in [0.15, 0.2) is 30.5 Å². The van der Waals surface area contributed by atoms with E-state index in [0.29, 0.717) is 19.6 Å². The molecule has 1 unspecified atom stereocenters. The van der Waals surface area contributed by atoms with Crippen molar-refractivity contribution in [3.8, 4) is 12.3 Å². The maximum atomic E-state index is 12.2. The average molecular weight is 313 g/mol. The highest BCUT2D eigenvalue weighted by molar-refractivity contribution is 5.85. The van der Waals surface area contributed by atoms with Crippen molar-refractivity contribution in [3.05, 3.63) is 36.0 Å². The summed E-state index contributed by atoms with van der Waals surface area (Å²) in [6.07, 6.45) is 7.25. The summed E-state index contributed by atoms with van der Waals surface area (Å²) in [6, 6.07) is 8.02. The largest absolute Gasteiger partial charge is 0.464 e. The van der Waals surface area contributed by atoms with Crippen molar-refractivity contribution in [1.29, 1.82) is 0 Å². The Labute approximate surface area is 137 Å². The number of terminal acetylenes is 1. The number of ether oxygens (including phenoxy) is 2. The molecule has 0 aliphatic heterocycles. The van der Waals surface area contributed by atoms with E-state index >= 15 is 0 Å². The molecule has 4 nitrogen and oxygen atoms in total. The Hall–Kier alpha value is -2.25. The Morgan fingerprint density at radius 3 is 2.74 bits per heavy atom. The molecule has 0 radical (unpaired) electrons. The van der Waals surface area contributed by atoms with Crippen molar-refractivity contribution < 1.29 is 14.3 Å². The maximum Gasteiger partial charge on any atom is 0.335 e. The Bertz CT molecular complexity index is 709. The number of rotatable bonds is 7. The molecule has 1 aromatic carbocycles. The Balaban J connectivity index is 2.34. The van der Waals surface area contributed by atoms with Gasteiger partial charge in [0.05, 0.1) is 19.3 Å². The lowest BCUT2D eigenvalue weighted by Gasteiger charge is -2.18. The molecule has 0 fully saturated rings. The first-order chi connectivity index (χ1) is 11.1. The Morgan fingerprint density at radius 2 is 2.09 bits per heavy atom. The molecule has 0 amide bonds. The summed E-state index contributed by atoms with van der Waals surface area (Å²) in [5.74, 6) is 2.33. The van der Waals surface area contributed by atoms with E-state index in [1.165, 1.54) is 0 Å². The molecular formula is C19H23NO3. The lowest BCUT2D eigenvalue weighted by Crippen LogP contribution is -2.31. The minimum Gasteiger partial charge on any atom is -0.464 e. The molecule has 0 aliphatic rings. The fourth-order valence-electron chi connectivity index (χ4n) is 2.67. The van der Waals surface area contributed by atoms with Gasteiger partial charge < -0.3 is 14.0 Å². The number of para-hydroxylation sites is 1. The smallest absolute Gasteiger partial charge is 0.335 e. The summed E-state index contributed by atoms with van der Waals surface area (Å²) in [7, 11) is 0. The van der Waals surface area contributed by atoms with E-state index in [0.717, 1.165) is 16.5 Å². The van der Waals surface area contributed by atoms with Crippen molar-refractivity contribution in [2.75, 3.05) is 6.61 Å². The molecular weight excluding hydrogens is 290 g/mol. The van der Waals surface area contributed by atoms with Gasteiger partial charge in [0.15, 0.2) is 6.10 Å². The highest BCUT2D eigenvalue weighted by atomic mass is 16.6. The third-order valence-corrected chi connectivity index (χ3v) is 3.52. The number of fused-ring (bicyclic) bond motifs is 1. The van der Waals surface area contributed by atoms with Crippen LogP contribution in [0.5, 0.6) is 0 Å². The summed E-state index contributed by atoms with van der Waals surface area (Å²) < 4.78 is 12.9. The van der Waals surface area contributed by atoms with Crippen molar-refractivity contribution >= 4 is 16.9 Å². The van der Waals surface area contributed by atoms with Crippen LogP contribution in [0, 0.1) is 12.3 Å². The van der Waals surface area contributed by atoms with Crippen molar-refractivity contribution in [1.82, 2.24) is 4.57 Å². The monoisotopic (exact) mass is 313 g/mol. The third-order valence-electron chi connectivity index (χ3n) is 3.52. The van der Waals surface area contributed by atoms with Gasteiger partial charge in [-0.3, -0.25) is 0 Å². The second kappa shape index (κ2) is 7.85. The number of carbonyl (C=O) groups excluding carboxylic acids is 1. The van der Waals surface area contributed by atoms with Crippen LogP contribution in [-0.2, 0) is 27.2 Å². The number of aromatic nitrogens is 1. The SMILES string of the molecule is C#CCn1cc(CC(OC(C)C)C(=O)OCC)c2ccccc21. The molecule has 0 spiro atoms. The molecule has 1 heterocycles. The molecule has 1 atom stereocenters. The van der Waals surface area contributed by atoms with Crippen molar-refractivity contribution in [3.63, 3.8) is 0 Å². The fraction of sp³-hybridized carbons (Fsp3) is 0.421. The molecule has 0 saturated carbocycles. The van der Waals surface area contributed by atoms with Crippen LogP contribution >= 0.6 is 0 Å². The summed E-state index contributed by atoms with van der Waals surface area (Å²) >= 11 is 0. The van der Waals surface area contributed by atoms with E-state index in [1.807, 2.05) is 48.9 Å². The molecule has 122 valence electrons. The van der Waals surface area contributed by atoms with Crippen LogP contribution in [0.4, 0.5) is 0 Å². The second-order valence-electron chi connectivity index (χ2n) is 5.63. The van der Waals surface area contributed by atoms with E-state index in [4.69, 9.17) is 15.9 Å². The molecule has 0 N–H and O–H groups in total. The summed E-state index contributed by atoms with van der Waals surface area (Å²) in [5, 5.41) is 1.09. The highest BCUT2D eigenvalue weighted by Gasteiger charge is 2.24. The average Bonchev–Trinajstić information content (AvgIpc) is 2.85. The van der Waals surface area contributed by atoms with Gasteiger partial charge >= 0.3 is 5.97 Å². The summed E-state index contributed by atoms with van der Waals surface area (Å²) in [5.41, 5.74) is 2.10. The van der Waals surface area contributed by atoms with Gasteiger partial charge in [0.2, 0.25) is 0 Å². The van der Waals surface area contributed by atoms with Gasteiger partial charge in [-0.2, -0.15) is 0 Å². The molecule has 0 aliphatic carbocycles. The van der Waals surface area contributed by atoms with Gasteiger partial charge in [-0.15, -0.1) is 6.42 Å². The summed E-state index contributed by atoms with van der Waals surface area (Å²) in [4.78, 5) is 12.2. The lowest BCUT2D eigenvalue weighted by atomic mass is 10.1. The molecule has 1 aromatic heterocycles. The minimum absolute atomic E-state index is 0.0523. The van der Waals surface area contributed by atoms with Crippen molar-refractivity contribution in [2.45, 2.75) is 45.9 Å². The molecule has 2 rings (SSSR count). The quantitative estimate of drug-likeness (QED) is 0.582. The maximum absolute atomic E-state index is 12.2. The van der Waals surface area contributed by atoms with Gasteiger partial charge in [-0.05, 0) is 32.4 Å². The molecule has 0 saturated heterocycles. The van der Waals surface area contributed by atoms with Gasteiger partial charge in [-0.1, -0.05) is 24.1 Å².